The molecule has 0 radical (unpaired) electrons. The van der Waals surface area contributed by atoms with Gasteiger partial charge in [0.2, 0.25) is 0 Å². The number of nitrogens with one attached hydrogen (secondary N) is 1. The smallest absolute Gasteiger partial charge is 0.333 e. The predicted molar refractivity (Wildman–Crippen MR) is 60.6 cm³/mol. The van der Waals surface area contributed by atoms with Gasteiger partial charge in [-0.25, -0.2) is 13.6 Å². The van der Waals surface area contributed by atoms with E-state index in [1.165, 1.54) is 13.2 Å². The Labute approximate surface area is 98.1 Å². The highest BCUT2D eigenvalue weighted by molar-refractivity contribution is 5.87. The van der Waals surface area contributed by atoms with Crippen LogP contribution in [0.2, 0.25) is 0 Å². The van der Waals surface area contributed by atoms with E-state index in [4.69, 9.17) is 0 Å². The number of anilines is 1. The number of rotatable bonds is 4. The fourth-order valence-corrected chi connectivity index (χ4v) is 1.19. The highest BCUT2D eigenvalue weighted by Crippen LogP contribution is 2.14. The summed E-state index contributed by atoms with van der Waals surface area (Å²) in [6, 6.07) is 3.24. The molecule has 92 valence electrons. The highest BCUT2D eigenvalue weighted by Gasteiger charge is 2.04. The van der Waals surface area contributed by atoms with Crippen LogP contribution in [-0.4, -0.2) is 19.6 Å². The number of esters is 1. The maximum Gasteiger partial charge on any atom is 0.333 e. The summed E-state index contributed by atoms with van der Waals surface area (Å²) in [6.45, 7) is 1.85. The van der Waals surface area contributed by atoms with E-state index < -0.39 is 17.6 Å². The van der Waals surface area contributed by atoms with E-state index in [2.05, 4.69) is 10.1 Å². The van der Waals surface area contributed by atoms with Crippen LogP contribution in [0, 0.1) is 11.6 Å². The Bertz CT molecular complexity index is 444. The summed E-state index contributed by atoms with van der Waals surface area (Å²) in [5.41, 5.74) is 0.600. The molecule has 0 fully saturated rings. The Hall–Kier alpha value is -1.91. The molecule has 0 bridgehead atoms. The van der Waals surface area contributed by atoms with E-state index in [0.717, 1.165) is 12.1 Å². The van der Waals surface area contributed by atoms with Gasteiger partial charge in [-0.2, -0.15) is 0 Å². The van der Waals surface area contributed by atoms with Crippen LogP contribution in [0.5, 0.6) is 0 Å². The van der Waals surface area contributed by atoms with Gasteiger partial charge in [0.1, 0.15) is 11.6 Å². The molecule has 0 aromatic heterocycles. The molecule has 0 amide bonds. The maximum atomic E-state index is 13.2. The molecule has 3 nitrogen and oxygen atoms in total. The number of benzene rings is 1. The molecule has 1 aromatic carbocycles. The lowest BCUT2D eigenvalue weighted by Gasteiger charge is -2.05. The standard InChI is InChI=1S/C12H13F2NO2/c1-8(12(16)17-2)5-6-15-11-4-3-9(13)7-10(11)14/h3-5,7,15H,6H2,1-2H3/b8-5+. The lowest BCUT2D eigenvalue weighted by atomic mass is 10.2. The summed E-state index contributed by atoms with van der Waals surface area (Å²) in [5, 5.41) is 2.72. The third kappa shape index (κ3) is 3.86. The number of ether oxygens (including phenoxy) is 1. The second-order valence-electron chi connectivity index (χ2n) is 3.38. The van der Waals surface area contributed by atoms with E-state index in [0.29, 0.717) is 5.57 Å². The molecular weight excluding hydrogens is 228 g/mol. The number of carbonyl (C=O) groups excluding carboxylic acids is 1. The largest absolute Gasteiger partial charge is 0.466 e. The molecule has 0 aliphatic heterocycles. The van der Waals surface area contributed by atoms with Crippen LogP contribution in [0.1, 0.15) is 6.92 Å². The van der Waals surface area contributed by atoms with E-state index in [9.17, 15) is 13.6 Å². The molecule has 0 aliphatic carbocycles. The maximum absolute atomic E-state index is 13.2. The van der Waals surface area contributed by atoms with E-state index in [-0.39, 0.29) is 12.2 Å². The van der Waals surface area contributed by atoms with Gasteiger partial charge in [-0.15, -0.1) is 0 Å². The van der Waals surface area contributed by atoms with Crippen LogP contribution in [0.25, 0.3) is 0 Å². The van der Waals surface area contributed by atoms with Gasteiger partial charge in [0.05, 0.1) is 12.8 Å². The first kappa shape index (κ1) is 13.2. The van der Waals surface area contributed by atoms with Crippen LogP contribution in [0.4, 0.5) is 14.5 Å². The van der Waals surface area contributed by atoms with Crippen molar-refractivity contribution < 1.29 is 18.3 Å². The average molecular weight is 241 g/mol. The van der Waals surface area contributed by atoms with Gasteiger partial charge in [-0.3, -0.25) is 0 Å². The molecule has 5 heteroatoms. The van der Waals surface area contributed by atoms with Crippen LogP contribution in [-0.2, 0) is 9.53 Å². The van der Waals surface area contributed by atoms with Crippen molar-refractivity contribution in [3.63, 3.8) is 0 Å². The highest BCUT2D eigenvalue weighted by atomic mass is 19.1. The number of halogens is 2. The van der Waals surface area contributed by atoms with Crippen molar-refractivity contribution in [3.8, 4) is 0 Å². The van der Waals surface area contributed by atoms with Crippen LogP contribution in [0.15, 0.2) is 29.8 Å². The molecule has 0 saturated carbocycles. The summed E-state index contributed by atoms with van der Waals surface area (Å²) in [5.74, 6) is -1.74. The van der Waals surface area contributed by atoms with Crippen LogP contribution >= 0.6 is 0 Å². The second kappa shape index (κ2) is 5.98. The minimum Gasteiger partial charge on any atom is -0.466 e. The quantitative estimate of drug-likeness (QED) is 0.650. The summed E-state index contributed by atoms with van der Waals surface area (Å²) >= 11 is 0. The van der Waals surface area contributed by atoms with Crippen LogP contribution in [0.3, 0.4) is 0 Å². The number of hydrogen-bond acceptors (Lipinski definition) is 3. The summed E-state index contributed by atoms with van der Waals surface area (Å²) in [6.07, 6.45) is 1.56. The Morgan fingerprint density at radius 1 is 1.47 bits per heavy atom. The third-order valence-corrected chi connectivity index (χ3v) is 2.14. The number of hydrogen-bond donors (Lipinski definition) is 1. The van der Waals surface area contributed by atoms with Crippen molar-refractivity contribution in [1.82, 2.24) is 0 Å². The first-order valence-corrected chi connectivity index (χ1v) is 4.98. The van der Waals surface area contributed by atoms with Crippen molar-refractivity contribution in [2.45, 2.75) is 6.92 Å². The first-order chi connectivity index (χ1) is 8.04. The molecule has 0 atom stereocenters. The third-order valence-electron chi connectivity index (χ3n) is 2.14. The molecule has 0 aliphatic rings. The Morgan fingerprint density at radius 2 is 2.18 bits per heavy atom. The molecule has 0 unspecified atom stereocenters. The molecule has 0 spiro atoms. The Morgan fingerprint density at radius 3 is 2.76 bits per heavy atom. The molecule has 0 saturated heterocycles. The van der Waals surface area contributed by atoms with Gasteiger partial charge < -0.3 is 10.1 Å². The van der Waals surface area contributed by atoms with Crippen molar-refractivity contribution in [2.24, 2.45) is 0 Å². The monoisotopic (exact) mass is 241 g/mol. The van der Waals surface area contributed by atoms with Crippen molar-refractivity contribution in [1.29, 1.82) is 0 Å². The molecular formula is C12H13F2NO2. The summed E-state index contributed by atoms with van der Waals surface area (Å²) in [7, 11) is 1.28. The van der Waals surface area contributed by atoms with Crippen molar-refractivity contribution in [3.05, 3.63) is 41.5 Å². The lowest BCUT2D eigenvalue weighted by molar-refractivity contribution is -0.136. The van der Waals surface area contributed by atoms with E-state index in [1.807, 2.05) is 0 Å². The Kier molecular flexibility index (Phi) is 4.63. The fourth-order valence-electron chi connectivity index (χ4n) is 1.19. The number of methoxy groups -OCH3 is 1. The van der Waals surface area contributed by atoms with Gasteiger partial charge in [0, 0.05) is 18.2 Å². The summed E-state index contributed by atoms with van der Waals surface area (Å²) < 4.78 is 30.3. The molecule has 17 heavy (non-hydrogen) atoms. The lowest BCUT2D eigenvalue weighted by Crippen LogP contribution is -2.06. The predicted octanol–water partition coefficient (Wildman–Crippen LogP) is 2.50. The minimum atomic E-state index is -0.672. The van der Waals surface area contributed by atoms with Crippen molar-refractivity contribution in [2.75, 3.05) is 19.0 Å². The molecule has 1 rings (SSSR count). The van der Waals surface area contributed by atoms with Gasteiger partial charge in [0.25, 0.3) is 0 Å². The van der Waals surface area contributed by atoms with Gasteiger partial charge >= 0.3 is 5.97 Å². The normalized spacial score (nSPS) is 11.2. The fraction of sp³-hybridized carbons (Fsp3) is 0.250. The van der Waals surface area contributed by atoms with Gasteiger partial charge in [0.15, 0.2) is 0 Å². The molecule has 1 N–H and O–H groups in total. The number of carbonyl (C=O) groups is 1. The van der Waals surface area contributed by atoms with Crippen LogP contribution < -0.4 is 5.32 Å². The van der Waals surface area contributed by atoms with Gasteiger partial charge in [-0.05, 0) is 19.1 Å². The van der Waals surface area contributed by atoms with E-state index >= 15 is 0 Å². The first-order valence-electron chi connectivity index (χ1n) is 4.98. The Balaban J connectivity index is 2.59. The average Bonchev–Trinajstić information content (AvgIpc) is 2.30. The SMILES string of the molecule is COC(=O)/C(C)=C/CNc1ccc(F)cc1F. The zero-order chi connectivity index (χ0) is 12.8. The van der Waals surface area contributed by atoms with E-state index in [1.54, 1.807) is 13.0 Å². The zero-order valence-electron chi connectivity index (χ0n) is 9.59. The van der Waals surface area contributed by atoms with Gasteiger partial charge in [-0.1, -0.05) is 6.08 Å². The topological polar surface area (TPSA) is 38.3 Å². The molecule has 0 heterocycles. The molecule has 1 aromatic rings. The zero-order valence-corrected chi connectivity index (χ0v) is 9.59. The summed E-state index contributed by atoms with van der Waals surface area (Å²) in [4.78, 5) is 11.0. The van der Waals surface area contributed by atoms with Crippen molar-refractivity contribution >= 4 is 11.7 Å². The minimum absolute atomic E-state index is 0.181. The second-order valence-corrected chi connectivity index (χ2v) is 3.38.